The van der Waals surface area contributed by atoms with Crippen LogP contribution in [0.5, 0.6) is 0 Å². The molecule has 0 saturated carbocycles. The van der Waals surface area contributed by atoms with Crippen LogP contribution in [-0.4, -0.2) is 61.6 Å². The molecular formula is C17H24N4O3S. The van der Waals surface area contributed by atoms with Crippen molar-refractivity contribution in [1.29, 1.82) is 5.26 Å². The van der Waals surface area contributed by atoms with Crippen LogP contribution < -0.4 is 0 Å². The summed E-state index contributed by atoms with van der Waals surface area (Å²) in [5.74, 6) is -0.0242. The van der Waals surface area contributed by atoms with Crippen LogP contribution >= 0.6 is 0 Å². The number of carbonyl (C=O) groups is 1. The summed E-state index contributed by atoms with van der Waals surface area (Å²) in [6.45, 7) is 1.33. The number of amides is 1. The van der Waals surface area contributed by atoms with Gasteiger partial charge in [0, 0.05) is 39.3 Å². The zero-order chi connectivity index (χ0) is 18.4. The van der Waals surface area contributed by atoms with Gasteiger partial charge in [-0.3, -0.25) is 4.79 Å². The van der Waals surface area contributed by atoms with Gasteiger partial charge in [-0.2, -0.15) is 22.3 Å². The summed E-state index contributed by atoms with van der Waals surface area (Å²) in [5, 5.41) is 8.94. The van der Waals surface area contributed by atoms with Crippen LogP contribution in [0.2, 0.25) is 0 Å². The van der Waals surface area contributed by atoms with Crippen LogP contribution in [0.1, 0.15) is 35.2 Å². The number of hydrogen-bond acceptors (Lipinski definition) is 4. The van der Waals surface area contributed by atoms with Crippen molar-refractivity contribution >= 4 is 16.1 Å². The number of rotatable bonds is 6. The van der Waals surface area contributed by atoms with E-state index in [-0.39, 0.29) is 19.0 Å². The Hall–Kier alpha value is -1.95. The van der Waals surface area contributed by atoms with Gasteiger partial charge in [0.15, 0.2) is 0 Å². The third kappa shape index (κ3) is 4.78. The van der Waals surface area contributed by atoms with Crippen molar-refractivity contribution in [1.82, 2.24) is 13.5 Å². The molecule has 2 rings (SSSR count). The maximum atomic E-state index is 12.6. The monoisotopic (exact) mass is 364 g/mol. The van der Waals surface area contributed by atoms with E-state index < -0.39 is 10.2 Å². The van der Waals surface area contributed by atoms with Gasteiger partial charge in [0.1, 0.15) is 6.54 Å². The summed E-state index contributed by atoms with van der Waals surface area (Å²) in [5.41, 5.74) is 1.24. The quantitative estimate of drug-likeness (QED) is 0.715. The van der Waals surface area contributed by atoms with E-state index in [1.54, 1.807) is 24.3 Å². The molecule has 1 saturated heterocycles. The highest BCUT2D eigenvalue weighted by Crippen LogP contribution is 2.16. The standard InChI is InChI=1S/C17H24N4O3S/c1-19(2)25(23,24)21(12-9-18)14-15-7-6-8-16(13-15)17(22)20-10-4-3-5-11-20/h6-8,13H,3-5,10-12,14H2,1-2H3. The second-order valence-corrected chi connectivity index (χ2v) is 8.41. The van der Waals surface area contributed by atoms with E-state index in [0.717, 1.165) is 41.0 Å². The molecule has 0 atom stereocenters. The van der Waals surface area contributed by atoms with E-state index in [9.17, 15) is 13.2 Å². The Morgan fingerprint density at radius 1 is 1.24 bits per heavy atom. The number of likely N-dealkylation sites (tertiary alicyclic amines) is 1. The maximum absolute atomic E-state index is 12.6. The Kier molecular flexibility index (Phi) is 6.53. The van der Waals surface area contributed by atoms with Crippen LogP contribution in [0.3, 0.4) is 0 Å². The molecule has 1 aliphatic heterocycles. The lowest BCUT2D eigenvalue weighted by molar-refractivity contribution is 0.0724. The molecule has 8 heteroatoms. The fourth-order valence-corrected chi connectivity index (χ4v) is 3.81. The molecule has 0 bridgehead atoms. The molecule has 136 valence electrons. The fourth-order valence-electron chi connectivity index (χ4n) is 2.81. The Morgan fingerprint density at radius 3 is 2.52 bits per heavy atom. The third-order valence-corrected chi connectivity index (χ3v) is 6.04. The van der Waals surface area contributed by atoms with Crippen molar-refractivity contribution in [2.75, 3.05) is 33.7 Å². The number of benzene rings is 1. The normalized spacial score (nSPS) is 15.4. The van der Waals surface area contributed by atoms with E-state index in [1.807, 2.05) is 11.0 Å². The molecule has 0 spiro atoms. The molecule has 1 fully saturated rings. The minimum absolute atomic E-state index is 0.0242. The Morgan fingerprint density at radius 2 is 1.92 bits per heavy atom. The number of hydrogen-bond donors (Lipinski definition) is 0. The van der Waals surface area contributed by atoms with Gasteiger partial charge >= 0.3 is 0 Å². The molecule has 1 aromatic carbocycles. The van der Waals surface area contributed by atoms with Gasteiger partial charge in [0.25, 0.3) is 16.1 Å². The van der Waals surface area contributed by atoms with Gasteiger partial charge < -0.3 is 4.90 Å². The lowest BCUT2D eigenvalue weighted by Crippen LogP contribution is -2.40. The lowest BCUT2D eigenvalue weighted by Gasteiger charge is -2.27. The second-order valence-electron chi connectivity index (χ2n) is 6.27. The molecule has 25 heavy (non-hydrogen) atoms. The summed E-state index contributed by atoms with van der Waals surface area (Å²) >= 11 is 0. The molecule has 0 aromatic heterocycles. The minimum atomic E-state index is -3.70. The first-order valence-corrected chi connectivity index (χ1v) is 9.68. The average molecular weight is 364 g/mol. The first-order valence-electron chi connectivity index (χ1n) is 8.29. The molecule has 1 aliphatic rings. The molecular weight excluding hydrogens is 340 g/mol. The van der Waals surface area contributed by atoms with Gasteiger partial charge in [-0.25, -0.2) is 0 Å². The second kappa shape index (κ2) is 8.43. The predicted octanol–water partition coefficient (Wildman–Crippen LogP) is 1.44. The molecule has 0 N–H and O–H groups in total. The van der Waals surface area contributed by atoms with Gasteiger partial charge in [0.2, 0.25) is 0 Å². The summed E-state index contributed by atoms with van der Waals surface area (Å²) < 4.78 is 26.8. The number of carbonyl (C=O) groups excluding carboxylic acids is 1. The zero-order valence-corrected chi connectivity index (χ0v) is 15.5. The highest BCUT2D eigenvalue weighted by atomic mass is 32.2. The van der Waals surface area contributed by atoms with Gasteiger partial charge in [-0.15, -0.1) is 0 Å². The van der Waals surface area contributed by atoms with E-state index in [0.29, 0.717) is 11.1 Å². The molecule has 7 nitrogen and oxygen atoms in total. The van der Waals surface area contributed by atoms with Crippen LogP contribution in [0.4, 0.5) is 0 Å². The van der Waals surface area contributed by atoms with Crippen molar-refractivity contribution in [3.05, 3.63) is 35.4 Å². The zero-order valence-electron chi connectivity index (χ0n) is 14.7. The highest BCUT2D eigenvalue weighted by molar-refractivity contribution is 7.86. The average Bonchev–Trinajstić information content (AvgIpc) is 2.61. The minimum Gasteiger partial charge on any atom is -0.339 e. The number of piperidine rings is 1. The number of nitrogens with zero attached hydrogens (tertiary/aromatic N) is 4. The van der Waals surface area contributed by atoms with Crippen LogP contribution in [0, 0.1) is 11.3 Å². The summed E-state index contributed by atoms with van der Waals surface area (Å²) in [7, 11) is -0.851. The molecule has 1 heterocycles. The Labute approximate surface area is 149 Å². The molecule has 0 unspecified atom stereocenters. The topological polar surface area (TPSA) is 84.7 Å². The fraction of sp³-hybridized carbons (Fsp3) is 0.529. The summed E-state index contributed by atoms with van der Waals surface area (Å²) in [4.78, 5) is 14.4. The van der Waals surface area contributed by atoms with Crippen molar-refractivity contribution in [3.8, 4) is 6.07 Å². The largest absolute Gasteiger partial charge is 0.339 e. The first-order chi connectivity index (χ1) is 11.9. The van der Waals surface area contributed by atoms with E-state index >= 15 is 0 Å². The van der Waals surface area contributed by atoms with Gasteiger partial charge in [-0.1, -0.05) is 12.1 Å². The smallest absolute Gasteiger partial charge is 0.282 e. The summed E-state index contributed by atoms with van der Waals surface area (Å²) in [6.07, 6.45) is 3.18. The number of nitriles is 1. The lowest BCUT2D eigenvalue weighted by atomic mass is 10.1. The SMILES string of the molecule is CN(C)S(=O)(=O)N(CC#N)Cc1cccc(C(=O)N2CCCCC2)c1. The Bertz CT molecular complexity index is 749. The Balaban J connectivity index is 2.19. The van der Waals surface area contributed by atoms with Crippen molar-refractivity contribution in [2.24, 2.45) is 0 Å². The first kappa shape index (κ1) is 19.4. The van der Waals surface area contributed by atoms with Crippen molar-refractivity contribution in [3.63, 3.8) is 0 Å². The van der Waals surface area contributed by atoms with Crippen LogP contribution in [0.15, 0.2) is 24.3 Å². The van der Waals surface area contributed by atoms with Crippen LogP contribution in [-0.2, 0) is 16.8 Å². The predicted molar refractivity (Wildman–Crippen MR) is 94.8 cm³/mol. The maximum Gasteiger partial charge on any atom is 0.282 e. The van der Waals surface area contributed by atoms with E-state index in [4.69, 9.17) is 5.26 Å². The third-order valence-electron chi connectivity index (χ3n) is 4.21. The molecule has 0 aliphatic carbocycles. The van der Waals surface area contributed by atoms with Gasteiger partial charge in [-0.05, 0) is 37.0 Å². The molecule has 1 aromatic rings. The van der Waals surface area contributed by atoms with Crippen molar-refractivity contribution < 1.29 is 13.2 Å². The van der Waals surface area contributed by atoms with E-state index in [2.05, 4.69) is 0 Å². The van der Waals surface area contributed by atoms with E-state index in [1.165, 1.54) is 14.1 Å². The highest BCUT2D eigenvalue weighted by Gasteiger charge is 2.25. The van der Waals surface area contributed by atoms with Crippen LogP contribution in [0.25, 0.3) is 0 Å². The van der Waals surface area contributed by atoms with Gasteiger partial charge in [0.05, 0.1) is 6.07 Å². The molecule has 0 radical (unpaired) electrons. The molecule has 1 amide bonds. The van der Waals surface area contributed by atoms with Crippen molar-refractivity contribution in [2.45, 2.75) is 25.8 Å². The summed E-state index contributed by atoms with van der Waals surface area (Å²) in [6, 6.07) is 8.86.